The average Bonchev–Trinajstić information content (AvgIpc) is 3.35. The van der Waals surface area contributed by atoms with Crippen molar-refractivity contribution in [2.75, 3.05) is 39.3 Å². The minimum absolute atomic E-state index is 0.0461. The molecule has 1 aromatic carbocycles. The zero-order valence-electron chi connectivity index (χ0n) is 18.1. The average molecular weight is 426 g/mol. The zero-order valence-corrected chi connectivity index (χ0v) is 18.1. The fraction of sp³-hybridized carbons (Fsp3) is 0.625. The molecular formula is C24H31N3O4. The number of hydrogen-bond acceptors (Lipinski definition) is 5. The van der Waals surface area contributed by atoms with E-state index in [0.29, 0.717) is 13.1 Å². The Labute approximate surface area is 183 Å². The lowest BCUT2D eigenvalue weighted by Gasteiger charge is -2.35. The van der Waals surface area contributed by atoms with Crippen LogP contribution in [0.25, 0.3) is 0 Å². The number of carbonyl (C=O) groups is 3. The molecule has 0 bridgehead atoms. The Morgan fingerprint density at radius 1 is 1.00 bits per heavy atom. The van der Waals surface area contributed by atoms with Crippen LogP contribution in [0.5, 0.6) is 5.75 Å². The molecule has 3 amide bonds. The van der Waals surface area contributed by atoms with Gasteiger partial charge in [0.05, 0.1) is 18.4 Å². The molecule has 0 radical (unpaired) electrons. The van der Waals surface area contributed by atoms with Gasteiger partial charge in [0.2, 0.25) is 17.7 Å². The first-order valence-electron chi connectivity index (χ1n) is 11.7. The molecule has 166 valence electrons. The van der Waals surface area contributed by atoms with Crippen LogP contribution in [0.15, 0.2) is 18.2 Å². The first kappa shape index (κ1) is 20.5. The fourth-order valence-corrected chi connectivity index (χ4v) is 5.57. The van der Waals surface area contributed by atoms with E-state index >= 15 is 0 Å². The van der Waals surface area contributed by atoms with E-state index in [2.05, 4.69) is 23.1 Å². The van der Waals surface area contributed by atoms with Crippen LogP contribution >= 0.6 is 0 Å². The molecule has 0 N–H and O–H groups in total. The largest absolute Gasteiger partial charge is 0.493 e. The van der Waals surface area contributed by atoms with E-state index < -0.39 is 0 Å². The fourth-order valence-electron chi connectivity index (χ4n) is 5.57. The third kappa shape index (κ3) is 4.07. The summed E-state index contributed by atoms with van der Waals surface area (Å²) in [6.45, 7) is 4.96. The van der Waals surface area contributed by atoms with Crippen molar-refractivity contribution in [1.82, 2.24) is 14.7 Å². The maximum absolute atomic E-state index is 12.7. The summed E-state index contributed by atoms with van der Waals surface area (Å²) in [5.41, 5.74) is 2.58. The minimum Gasteiger partial charge on any atom is -0.493 e. The molecule has 1 saturated carbocycles. The Morgan fingerprint density at radius 3 is 2.42 bits per heavy atom. The molecule has 31 heavy (non-hydrogen) atoms. The summed E-state index contributed by atoms with van der Waals surface area (Å²) < 4.78 is 5.58. The van der Waals surface area contributed by atoms with Crippen LogP contribution in [-0.2, 0) is 27.3 Å². The Bertz CT molecular complexity index is 854. The van der Waals surface area contributed by atoms with Crippen molar-refractivity contribution >= 4 is 17.7 Å². The number of likely N-dealkylation sites (tertiary alicyclic amines) is 1. The summed E-state index contributed by atoms with van der Waals surface area (Å²) in [5.74, 6) is 0.689. The molecule has 0 spiro atoms. The van der Waals surface area contributed by atoms with Crippen LogP contribution < -0.4 is 4.74 Å². The topological polar surface area (TPSA) is 70.2 Å². The lowest BCUT2D eigenvalue weighted by atomic mass is 9.81. The predicted octanol–water partition coefficient (Wildman–Crippen LogP) is 1.83. The van der Waals surface area contributed by atoms with Crippen molar-refractivity contribution < 1.29 is 19.1 Å². The number of rotatable bonds is 5. The maximum Gasteiger partial charge on any atom is 0.233 e. The summed E-state index contributed by atoms with van der Waals surface area (Å²) in [7, 11) is 0. The highest BCUT2D eigenvalue weighted by Crippen LogP contribution is 2.38. The number of carbonyl (C=O) groups excluding carboxylic acids is 3. The second kappa shape index (κ2) is 8.61. The third-order valence-corrected chi connectivity index (χ3v) is 7.37. The molecule has 3 fully saturated rings. The summed E-state index contributed by atoms with van der Waals surface area (Å²) in [4.78, 5) is 43.5. The van der Waals surface area contributed by atoms with E-state index in [-0.39, 0.29) is 42.5 Å². The van der Waals surface area contributed by atoms with Crippen molar-refractivity contribution in [1.29, 1.82) is 0 Å². The molecule has 2 saturated heterocycles. The number of ether oxygens (including phenoxy) is 1. The Hall–Kier alpha value is -2.41. The molecule has 0 unspecified atom stereocenters. The highest BCUT2D eigenvalue weighted by atomic mass is 16.5. The van der Waals surface area contributed by atoms with Crippen molar-refractivity contribution in [3.05, 3.63) is 29.3 Å². The first-order valence-corrected chi connectivity index (χ1v) is 11.7. The molecule has 5 rings (SSSR count). The predicted molar refractivity (Wildman–Crippen MR) is 114 cm³/mol. The van der Waals surface area contributed by atoms with Gasteiger partial charge in [-0.1, -0.05) is 25.0 Å². The Kier molecular flexibility index (Phi) is 5.69. The third-order valence-electron chi connectivity index (χ3n) is 7.37. The maximum atomic E-state index is 12.7. The molecule has 4 aliphatic rings. The van der Waals surface area contributed by atoms with Gasteiger partial charge in [-0.05, 0) is 30.0 Å². The van der Waals surface area contributed by atoms with Crippen LogP contribution in [0.2, 0.25) is 0 Å². The number of nitrogens with zero attached hydrogens (tertiary/aromatic N) is 3. The number of piperazine rings is 1. The number of fused-ring (bicyclic) bond motifs is 2. The molecule has 0 aromatic heterocycles. The van der Waals surface area contributed by atoms with Gasteiger partial charge in [0.15, 0.2) is 0 Å². The van der Waals surface area contributed by atoms with E-state index in [1.165, 1.54) is 16.0 Å². The van der Waals surface area contributed by atoms with Crippen LogP contribution in [0.4, 0.5) is 0 Å². The summed E-state index contributed by atoms with van der Waals surface area (Å²) in [5, 5.41) is 0. The minimum atomic E-state index is -0.134. The van der Waals surface area contributed by atoms with Crippen LogP contribution in [0, 0.1) is 11.8 Å². The van der Waals surface area contributed by atoms with Crippen molar-refractivity contribution in [2.24, 2.45) is 11.8 Å². The van der Waals surface area contributed by atoms with E-state index in [1.807, 2.05) is 4.90 Å². The van der Waals surface area contributed by atoms with E-state index in [4.69, 9.17) is 4.74 Å². The lowest BCUT2D eigenvalue weighted by Crippen LogP contribution is -2.49. The quantitative estimate of drug-likeness (QED) is 0.674. The van der Waals surface area contributed by atoms with Gasteiger partial charge in [-0.3, -0.25) is 24.2 Å². The van der Waals surface area contributed by atoms with E-state index in [1.54, 1.807) is 0 Å². The van der Waals surface area contributed by atoms with Gasteiger partial charge in [-0.15, -0.1) is 0 Å². The van der Waals surface area contributed by atoms with Crippen LogP contribution in [0.1, 0.15) is 43.2 Å². The number of hydrogen-bond donors (Lipinski definition) is 0. The highest BCUT2D eigenvalue weighted by Gasteiger charge is 2.47. The van der Waals surface area contributed by atoms with Gasteiger partial charge >= 0.3 is 0 Å². The molecule has 1 aliphatic carbocycles. The van der Waals surface area contributed by atoms with Crippen LogP contribution in [-0.4, -0.2) is 71.8 Å². The molecule has 3 heterocycles. The van der Waals surface area contributed by atoms with Crippen molar-refractivity contribution in [3.63, 3.8) is 0 Å². The van der Waals surface area contributed by atoms with E-state index in [9.17, 15) is 14.4 Å². The van der Waals surface area contributed by atoms with Gasteiger partial charge in [-0.25, -0.2) is 0 Å². The summed E-state index contributed by atoms with van der Waals surface area (Å²) in [6, 6.07) is 6.43. The number of benzene rings is 1. The van der Waals surface area contributed by atoms with Crippen molar-refractivity contribution in [2.45, 2.75) is 45.1 Å². The lowest BCUT2D eigenvalue weighted by molar-refractivity contribution is -0.141. The smallest absolute Gasteiger partial charge is 0.233 e. The SMILES string of the molecule is O=C(CCN1C(=O)[C@@H]2CCCC[C@H]2C1=O)N1CCN(Cc2ccc3c(c2)CCO3)CC1. The van der Waals surface area contributed by atoms with Gasteiger partial charge in [-0.2, -0.15) is 0 Å². The van der Waals surface area contributed by atoms with Gasteiger partial charge in [0, 0.05) is 52.1 Å². The second-order valence-corrected chi connectivity index (χ2v) is 9.27. The normalized spacial score (nSPS) is 26.1. The first-order chi connectivity index (χ1) is 15.1. The van der Waals surface area contributed by atoms with Gasteiger partial charge < -0.3 is 9.64 Å². The molecule has 1 aromatic rings. The highest BCUT2D eigenvalue weighted by molar-refractivity contribution is 6.05. The molecule has 7 nitrogen and oxygen atoms in total. The van der Waals surface area contributed by atoms with Crippen LogP contribution in [0.3, 0.4) is 0 Å². The number of amides is 3. The Balaban J connectivity index is 1.09. The van der Waals surface area contributed by atoms with E-state index in [0.717, 1.165) is 64.1 Å². The second-order valence-electron chi connectivity index (χ2n) is 9.27. The standard InChI is InChI=1S/C24H31N3O4/c28-22(7-9-27-23(29)19-3-1-2-4-20(19)24(27)30)26-12-10-25(11-13-26)16-17-5-6-21-18(15-17)8-14-31-21/h5-6,15,19-20H,1-4,7-14,16H2/t19-,20-/m1/s1. The summed E-state index contributed by atoms with van der Waals surface area (Å²) >= 11 is 0. The summed E-state index contributed by atoms with van der Waals surface area (Å²) in [6.07, 6.45) is 4.90. The Morgan fingerprint density at radius 2 is 1.71 bits per heavy atom. The van der Waals surface area contributed by atoms with Crippen molar-refractivity contribution in [3.8, 4) is 5.75 Å². The number of imide groups is 1. The molecule has 7 heteroatoms. The van der Waals surface area contributed by atoms with Gasteiger partial charge in [0.25, 0.3) is 0 Å². The zero-order chi connectivity index (χ0) is 21.4. The molecule has 3 aliphatic heterocycles. The molecular weight excluding hydrogens is 394 g/mol. The monoisotopic (exact) mass is 425 g/mol. The van der Waals surface area contributed by atoms with Gasteiger partial charge in [0.1, 0.15) is 5.75 Å². The molecule has 2 atom stereocenters.